The third-order valence-electron chi connectivity index (χ3n) is 4.22. The summed E-state index contributed by atoms with van der Waals surface area (Å²) in [4.78, 5) is 10.7. The van der Waals surface area contributed by atoms with Crippen molar-refractivity contribution in [2.75, 3.05) is 16.2 Å². The summed E-state index contributed by atoms with van der Waals surface area (Å²) < 4.78 is 42.1. The van der Waals surface area contributed by atoms with Crippen LogP contribution < -0.4 is 9.62 Å². The summed E-state index contributed by atoms with van der Waals surface area (Å²) in [7, 11) is -4.14. The molecule has 0 saturated heterocycles. The van der Waals surface area contributed by atoms with E-state index in [0.717, 1.165) is 30.5 Å². The van der Waals surface area contributed by atoms with Gasteiger partial charge < -0.3 is 5.32 Å². The van der Waals surface area contributed by atoms with Crippen LogP contribution in [0.1, 0.15) is 25.3 Å². The van der Waals surface area contributed by atoms with Crippen molar-refractivity contribution in [3.05, 3.63) is 52.8 Å². The van der Waals surface area contributed by atoms with Gasteiger partial charge in [0.15, 0.2) is 0 Å². The molecule has 1 aliphatic rings. The number of halogens is 2. The molecule has 0 spiro atoms. The summed E-state index contributed by atoms with van der Waals surface area (Å²) >= 11 is 6.06. The Bertz CT molecular complexity index is 963. The normalized spacial score (nSPS) is 14.5. The number of fused-ring (bicyclic) bond motifs is 1. The van der Waals surface area contributed by atoms with Crippen LogP contribution in [0.15, 0.2) is 41.3 Å². The monoisotopic (exact) mass is 396 g/mol. The third kappa shape index (κ3) is 3.54. The number of hydrogen-bond acceptors (Lipinski definition) is 3. The second-order valence-electron chi connectivity index (χ2n) is 6.11. The predicted octanol–water partition coefficient (Wildman–Crippen LogP) is 3.97. The van der Waals surface area contributed by atoms with Gasteiger partial charge >= 0.3 is 0 Å². The fourth-order valence-corrected chi connectivity index (χ4v) is 4.93. The van der Waals surface area contributed by atoms with Gasteiger partial charge in [0.05, 0.1) is 16.4 Å². The van der Waals surface area contributed by atoms with Crippen molar-refractivity contribution in [1.29, 1.82) is 0 Å². The molecule has 0 radical (unpaired) electrons. The average Bonchev–Trinajstić information content (AvgIpc) is 2.80. The first-order valence-corrected chi connectivity index (χ1v) is 10.00. The van der Waals surface area contributed by atoms with Crippen LogP contribution in [0.2, 0.25) is 5.02 Å². The number of aryl methyl sites for hydroxylation is 1. The second kappa shape index (κ2) is 7.25. The Morgan fingerprint density at radius 2 is 1.96 bits per heavy atom. The van der Waals surface area contributed by atoms with E-state index < -0.39 is 26.6 Å². The van der Waals surface area contributed by atoms with E-state index in [1.54, 1.807) is 12.1 Å². The first-order chi connectivity index (χ1) is 12.3. The number of para-hydroxylation sites is 1. The standard InChI is InChI=1S/C18H18ClFN2O3S/c1-12(23)21-16-11-15(20)18(10-14(16)19)26(24,25)22-9-5-4-7-13-6-2-3-8-17(13)22/h2-3,6,8,10-11H,4-5,7,9H2,1H3,(H,21,23). The smallest absolute Gasteiger partial charge is 0.267 e. The van der Waals surface area contributed by atoms with Crippen molar-refractivity contribution in [3.8, 4) is 0 Å². The number of sulfonamides is 1. The molecule has 1 heterocycles. The molecule has 0 atom stereocenters. The molecule has 1 N–H and O–H groups in total. The van der Waals surface area contributed by atoms with E-state index in [4.69, 9.17) is 11.6 Å². The van der Waals surface area contributed by atoms with Crippen LogP contribution in [0.4, 0.5) is 15.8 Å². The number of benzene rings is 2. The lowest BCUT2D eigenvalue weighted by molar-refractivity contribution is -0.114. The third-order valence-corrected chi connectivity index (χ3v) is 6.36. The number of anilines is 2. The highest BCUT2D eigenvalue weighted by atomic mass is 35.5. The van der Waals surface area contributed by atoms with E-state index >= 15 is 0 Å². The molecule has 0 unspecified atom stereocenters. The molecule has 26 heavy (non-hydrogen) atoms. The molecule has 0 bridgehead atoms. The van der Waals surface area contributed by atoms with Crippen molar-refractivity contribution in [2.45, 2.75) is 31.1 Å². The minimum absolute atomic E-state index is 0.0342. The summed E-state index contributed by atoms with van der Waals surface area (Å²) in [5, 5.41) is 2.34. The quantitative estimate of drug-likeness (QED) is 0.853. The maximum atomic E-state index is 14.6. The number of carbonyl (C=O) groups is 1. The maximum Gasteiger partial charge on any atom is 0.267 e. The molecule has 2 aromatic carbocycles. The Morgan fingerprint density at radius 1 is 1.23 bits per heavy atom. The van der Waals surface area contributed by atoms with Crippen molar-refractivity contribution in [1.82, 2.24) is 0 Å². The number of carbonyl (C=O) groups excluding carboxylic acids is 1. The fourth-order valence-electron chi connectivity index (χ4n) is 3.04. The van der Waals surface area contributed by atoms with Crippen molar-refractivity contribution in [2.24, 2.45) is 0 Å². The molecule has 2 aromatic rings. The Hall–Kier alpha value is -2.12. The van der Waals surface area contributed by atoms with Gasteiger partial charge in [-0.15, -0.1) is 0 Å². The Morgan fingerprint density at radius 3 is 2.69 bits per heavy atom. The Labute approximate surface area is 156 Å². The minimum Gasteiger partial charge on any atom is -0.325 e. The number of nitrogens with zero attached hydrogens (tertiary/aromatic N) is 1. The molecule has 0 saturated carbocycles. The molecule has 0 fully saturated rings. The molecule has 1 amide bonds. The number of rotatable bonds is 3. The topological polar surface area (TPSA) is 66.5 Å². The van der Waals surface area contributed by atoms with Gasteiger partial charge in [-0.3, -0.25) is 9.10 Å². The van der Waals surface area contributed by atoms with Crippen LogP contribution in [-0.2, 0) is 21.2 Å². The van der Waals surface area contributed by atoms with Gasteiger partial charge in [0.1, 0.15) is 10.7 Å². The van der Waals surface area contributed by atoms with Crippen molar-refractivity contribution < 1.29 is 17.6 Å². The zero-order valence-electron chi connectivity index (χ0n) is 14.1. The van der Waals surface area contributed by atoms with E-state index in [0.29, 0.717) is 12.1 Å². The van der Waals surface area contributed by atoms with Gasteiger partial charge in [0.25, 0.3) is 10.0 Å². The van der Waals surface area contributed by atoms with Gasteiger partial charge in [0.2, 0.25) is 5.91 Å². The largest absolute Gasteiger partial charge is 0.325 e. The summed E-state index contributed by atoms with van der Waals surface area (Å²) in [6.07, 6.45) is 2.30. The molecule has 0 aromatic heterocycles. The first kappa shape index (κ1) is 18.7. The van der Waals surface area contributed by atoms with Crippen LogP contribution in [0.3, 0.4) is 0 Å². The van der Waals surface area contributed by atoms with Gasteiger partial charge in [-0.25, -0.2) is 12.8 Å². The Balaban J connectivity index is 2.09. The molecule has 5 nitrogen and oxygen atoms in total. The van der Waals surface area contributed by atoms with Crippen LogP contribution in [0.25, 0.3) is 0 Å². The zero-order chi connectivity index (χ0) is 18.9. The van der Waals surface area contributed by atoms with Crippen LogP contribution in [-0.4, -0.2) is 20.9 Å². The number of nitrogens with one attached hydrogen (secondary N) is 1. The van der Waals surface area contributed by atoms with E-state index in [-0.39, 0.29) is 17.3 Å². The van der Waals surface area contributed by atoms with E-state index in [2.05, 4.69) is 5.32 Å². The zero-order valence-corrected chi connectivity index (χ0v) is 15.7. The SMILES string of the molecule is CC(=O)Nc1cc(F)c(S(=O)(=O)N2CCCCc3ccccc32)cc1Cl. The van der Waals surface area contributed by atoms with Crippen molar-refractivity contribution >= 4 is 38.9 Å². The predicted molar refractivity (Wildman–Crippen MR) is 99.6 cm³/mol. The lowest BCUT2D eigenvalue weighted by atomic mass is 10.1. The first-order valence-electron chi connectivity index (χ1n) is 8.18. The van der Waals surface area contributed by atoms with Gasteiger partial charge in [-0.1, -0.05) is 29.8 Å². The van der Waals surface area contributed by atoms with E-state index in [9.17, 15) is 17.6 Å². The van der Waals surface area contributed by atoms with Gasteiger partial charge in [0, 0.05) is 19.5 Å². The summed E-state index contributed by atoms with van der Waals surface area (Å²) in [5.74, 6) is -1.39. The molecular formula is C18H18ClFN2O3S. The van der Waals surface area contributed by atoms with Crippen molar-refractivity contribution in [3.63, 3.8) is 0 Å². The Kier molecular flexibility index (Phi) is 5.20. The highest BCUT2D eigenvalue weighted by molar-refractivity contribution is 7.92. The lowest BCUT2D eigenvalue weighted by Gasteiger charge is -2.25. The van der Waals surface area contributed by atoms with E-state index in [1.807, 2.05) is 12.1 Å². The molecule has 138 valence electrons. The highest BCUT2D eigenvalue weighted by Gasteiger charge is 2.31. The molecule has 3 rings (SSSR count). The highest BCUT2D eigenvalue weighted by Crippen LogP contribution is 2.34. The number of hydrogen-bond donors (Lipinski definition) is 1. The average molecular weight is 397 g/mol. The van der Waals surface area contributed by atoms with Crippen LogP contribution >= 0.6 is 11.6 Å². The molecule has 1 aliphatic heterocycles. The maximum absolute atomic E-state index is 14.6. The van der Waals surface area contributed by atoms with Gasteiger partial charge in [-0.2, -0.15) is 0 Å². The van der Waals surface area contributed by atoms with Crippen LogP contribution in [0, 0.1) is 5.82 Å². The van der Waals surface area contributed by atoms with Crippen LogP contribution in [0.5, 0.6) is 0 Å². The number of amides is 1. The fraction of sp³-hybridized carbons (Fsp3) is 0.278. The van der Waals surface area contributed by atoms with Gasteiger partial charge in [-0.05, 0) is 37.0 Å². The minimum atomic E-state index is -4.14. The summed E-state index contributed by atoms with van der Waals surface area (Å²) in [6.45, 7) is 1.52. The molecule has 8 heteroatoms. The lowest BCUT2D eigenvalue weighted by Crippen LogP contribution is -2.32. The van der Waals surface area contributed by atoms with E-state index in [1.165, 1.54) is 11.2 Å². The summed E-state index contributed by atoms with van der Waals surface area (Å²) in [6, 6.07) is 9.20. The molecular weight excluding hydrogens is 379 g/mol. The second-order valence-corrected chi connectivity index (χ2v) is 8.34. The molecule has 0 aliphatic carbocycles. The summed E-state index contributed by atoms with van der Waals surface area (Å²) in [5.41, 5.74) is 1.51.